The van der Waals surface area contributed by atoms with Gasteiger partial charge in [0.05, 0.1) is 17.9 Å². The molecule has 27 heavy (non-hydrogen) atoms. The van der Waals surface area contributed by atoms with E-state index < -0.39 is 0 Å². The van der Waals surface area contributed by atoms with Crippen LogP contribution in [-0.2, 0) is 4.79 Å². The maximum atomic E-state index is 12.5. The second-order valence-electron chi connectivity index (χ2n) is 6.95. The van der Waals surface area contributed by atoms with Crippen LogP contribution in [0.4, 0.5) is 0 Å². The molecule has 1 amide bonds. The summed E-state index contributed by atoms with van der Waals surface area (Å²) in [4.78, 5) is 17.0. The van der Waals surface area contributed by atoms with Crippen LogP contribution in [0.1, 0.15) is 39.5 Å². The molecule has 3 rings (SSSR count). The maximum absolute atomic E-state index is 12.5. The largest absolute Gasteiger partial charge is 0.496 e. The first kappa shape index (κ1) is 20.0. The number of thioether (sulfide) groups is 1. The van der Waals surface area contributed by atoms with Crippen LogP contribution in [0.3, 0.4) is 0 Å². The van der Waals surface area contributed by atoms with Crippen LogP contribution in [0.2, 0.25) is 5.02 Å². The van der Waals surface area contributed by atoms with Gasteiger partial charge in [-0.2, -0.15) is 0 Å². The summed E-state index contributed by atoms with van der Waals surface area (Å²) in [5.74, 6) is 1.78. The maximum Gasteiger partial charge on any atom is 0.233 e. The van der Waals surface area contributed by atoms with Gasteiger partial charge in [-0.25, -0.2) is 4.98 Å². The number of aromatic amines is 1. The van der Waals surface area contributed by atoms with Gasteiger partial charge in [0.15, 0.2) is 5.82 Å². The number of benzene rings is 1. The van der Waals surface area contributed by atoms with E-state index >= 15 is 0 Å². The zero-order valence-corrected chi connectivity index (χ0v) is 17.4. The minimum absolute atomic E-state index is 0.0328. The highest BCUT2D eigenvalue weighted by Gasteiger charge is 2.26. The van der Waals surface area contributed by atoms with E-state index in [9.17, 15) is 4.79 Å². The first-order chi connectivity index (χ1) is 13.0. The summed E-state index contributed by atoms with van der Waals surface area (Å²) in [6.45, 7) is 4.09. The van der Waals surface area contributed by atoms with Crippen molar-refractivity contribution >= 4 is 29.3 Å². The number of H-pyrrole nitrogens is 1. The summed E-state index contributed by atoms with van der Waals surface area (Å²) in [6.07, 6.45) is 4.68. The monoisotopic (exact) mass is 408 g/mol. The van der Waals surface area contributed by atoms with E-state index in [0.717, 1.165) is 12.0 Å². The zero-order chi connectivity index (χ0) is 19.4. The smallest absolute Gasteiger partial charge is 0.233 e. The van der Waals surface area contributed by atoms with Gasteiger partial charge in [0, 0.05) is 11.1 Å². The van der Waals surface area contributed by atoms with Gasteiger partial charge in [-0.15, -0.1) is 5.10 Å². The Labute approximate surface area is 168 Å². The lowest BCUT2D eigenvalue weighted by Gasteiger charge is -2.30. The fraction of sp³-hybridized carbons (Fsp3) is 0.526. The molecule has 8 heteroatoms. The molecule has 2 N–H and O–H groups in total. The van der Waals surface area contributed by atoms with Gasteiger partial charge < -0.3 is 10.1 Å². The van der Waals surface area contributed by atoms with E-state index in [2.05, 4.69) is 27.4 Å². The van der Waals surface area contributed by atoms with Crippen molar-refractivity contribution in [3.8, 4) is 17.1 Å². The van der Waals surface area contributed by atoms with Crippen LogP contribution in [0.5, 0.6) is 5.75 Å². The second kappa shape index (κ2) is 8.97. The number of hydrogen-bond acceptors (Lipinski definition) is 5. The first-order valence-corrected chi connectivity index (χ1v) is 10.5. The molecule has 0 saturated heterocycles. The van der Waals surface area contributed by atoms with Crippen molar-refractivity contribution < 1.29 is 9.53 Å². The molecule has 0 unspecified atom stereocenters. The fourth-order valence-corrected chi connectivity index (χ4v) is 4.23. The Balaban J connectivity index is 1.65. The Morgan fingerprint density at radius 3 is 2.93 bits per heavy atom. The molecule has 2 aromatic rings. The molecule has 1 saturated carbocycles. The van der Waals surface area contributed by atoms with Gasteiger partial charge in [0.1, 0.15) is 5.75 Å². The molecule has 1 aromatic carbocycles. The van der Waals surface area contributed by atoms with Gasteiger partial charge in [-0.05, 0) is 43.9 Å². The van der Waals surface area contributed by atoms with E-state index in [1.54, 1.807) is 25.3 Å². The third kappa shape index (κ3) is 4.96. The highest BCUT2D eigenvalue weighted by molar-refractivity contribution is 8.00. The van der Waals surface area contributed by atoms with Crippen LogP contribution >= 0.6 is 23.4 Å². The Morgan fingerprint density at radius 1 is 1.41 bits per heavy atom. The number of ether oxygens (including phenoxy) is 1. The highest BCUT2D eigenvalue weighted by Crippen LogP contribution is 2.32. The molecule has 0 radical (unpaired) electrons. The third-order valence-electron chi connectivity index (χ3n) is 4.97. The van der Waals surface area contributed by atoms with Crippen LogP contribution in [0, 0.1) is 5.92 Å². The predicted molar refractivity (Wildman–Crippen MR) is 108 cm³/mol. The van der Waals surface area contributed by atoms with Gasteiger partial charge >= 0.3 is 0 Å². The van der Waals surface area contributed by atoms with Gasteiger partial charge in [0.25, 0.3) is 0 Å². The molecule has 1 aromatic heterocycles. The Bertz CT molecular complexity index is 798. The lowest BCUT2D eigenvalue weighted by molar-refractivity contribution is -0.121. The molecule has 0 bridgehead atoms. The summed E-state index contributed by atoms with van der Waals surface area (Å²) in [6, 6.07) is 5.59. The number of aromatic nitrogens is 3. The molecule has 1 heterocycles. The molecule has 1 fully saturated rings. The lowest BCUT2D eigenvalue weighted by atomic mass is 9.86. The van der Waals surface area contributed by atoms with E-state index in [1.165, 1.54) is 31.0 Å². The van der Waals surface area contributed by atoms with Crippen LogP contribution in [-0.4, -0.2) is 39.5 Å². The summed E-state index contributed by atoms with van der Waals surface area (Å²) in [5, 5.41) is 11.2. The van der Waals surface area contributed by atoms with Crippen LogP contribution in [0.25, 0.3) is 11.4 Å². The number of carbonyl (C=O) groups is 1. The number of nitrogens with one attached hydrogen (secondary N) is 2. The van der Waals surface area contributed by atoms with Crippen molar-refractivity contribution in [2.24, 2.45) is 5.92 Å². The normalized spacial score (nSPS) is 20.9. The van der Waals surface area contributed by atoms with Crippen molar-refractivity contribution in [3.05, 3.63) is 23.2 Å². The number of amides is 1. The average molecular weight is 409 g/mol. The second-order valence-corrected chi connectivity index (χ2v) is 8.69. The Kier molecular flexibility index (Phi) is 6.65. The number of methoxy groups -OCH3 is 1. The zero-order valence-electron chi connectivity index (χ0n) is 15.8. The summed E-state index contributed by atoms with van der Waals surface area (Å²) >= 11 is 7.42. The Morgan fingerprint density at radius 2 is 2.19 bits per heavy atom. The molecular weight excluding hydrogens is 384 g/mol. The minimum atomic E-state index is -0.274. The van der Waals surface area contributed by atoms with Crippen LogP contribution < -0.4 is 10.1 Å². The molecule has 3 atom stereocenters. The number of hydrogen-bond donors (Lipinski definition) is 2. The van der Waals surface area contributed by atoms with E-state index in [-0.39, 0.29) is 17.2 Å². The third-order valence-corrected chi connectivity index (χ3v) is 6.17. The number of carbonyl (C=O) groups excluding carboxylic acids is 1. The SMILES string of the molecule is COc1ccc(Cl)cc1-c1nc(S[C@H](C)C(=O)N[C@H]2CCCC[C@@H]2C)n[nH]1. The van der Waals surface area contributed by atoms with Crippen molar-refractivity contribution in [1.82, 2.24) is 20.5 Å². The Hall–Kier alpha value is -1.73. The van der Waals surface area contributed by atoms with Crippen molar-refractivity contribution in [2.45, 2.75) is 56.0 Å². The summed E-state index contributed by atoms with van der Waals surface area (Å²) in [7, 11) is 1.59. The molecule has 0 spiro atoms. The van der Waals surface area contributed by atoms with Crippen LogP contribution in [0.15, 0.2) is 23.4 Å². The van der Waals surface area contributed by atoms with Crippen molar-refractivity contribution in [2.75, 3.05) is 7.11 Å². The molecule has 1 aliphatic carbocycles. The minimum Gasteiger partial charge on any atom is -0.496 e. The molecule has 146 valence electrons. The van der Waals surface area contributed by atoms with E-state index in [1.807, 2.05) is 6.92 Å². The molecule has 6 nitrogen and oxygen atoms in total. The van der Waals surface area contributed by atoms with Crippen molar-refractivity contribution in [1.29, 1.82) is 0 Å². The molecular formula is C19H25ClN4O2S. The number of nitrogens with zero attached hydrogens (tertiary/aromatic N) is 2. The molecule has 0 aliphatic heterocycles. The highest BCUT2D eigenvalue weighted by atomic mass is 35.5. The quantitative estimate of drug-likeness (QED) is 0.696. The summed E-state index contributed by atoms with van der Waals surface area (Å²) < 4.78 is 5.36. The fourth-order valence-electron chi connectivity index (χ4n) is 3.33. The van der Waals surface area contributed by atoms with E-state index in [0.29, 0.717) is 27.7 Å². The number of rotatable bonds is 6. The van der Waals surface area contributed by atoms with Gasteiger partial charge in [0.2, 0.25) is 11.1 Å². The summed E-state index contributed by atoms with van der Waals surface area (Å²) in [5.41, 5.74) is 0.734. The number of halogens is 1. The average Bonchev–Trinajstić information content (AvgIpc) is 3.11. The van der Waals surface area contributed by atoms with Gasteiger partial charge in [-0.1, -0.05) is 43.1 Å². The van der Waals surface area contributed by atoms with Gasteiger partial charge in [-0.3, -0.25) is 9.89 Å². The predicted octanol–water partition coefficient (Wildman–Crippen LogP) is 4.31. The topological polar surface area (TPSA) is 79.9 Å². The molecule has 1 aliphatic rings. The van der Waals surface area contributed by atoms with Crippen molar-refractivity contribution in [3.63, 3.8) is 0 Å². The first-order valence-electron chi connectivity index (χ1n) is 9.21. The standard InChI is InChI=1S/C19H25ClN4O2S/c1-11-6-4-5-7-15(11)21-18(25)12(2)27-19-22-17(23-24-19)14-10-13(20)8-9-16(14)26-3/h8-12,15H,4-7H2,1-3H3,(H,21,25)(H,22,23,24)/t11-,12+,15-/m0/s1. The van der Waals surface area contributed by atoms with E-state index in [4.69, 9.17) is 16.3 Å². The lowest BCUT2D eigenvalue weighted by Crippen LogP contribution is -2.44.